The zero-order valence-electron chi connectivity index (χ0n) is 13.7. The monoisotopic (exact) mass is 321 g/mol. The van der Waals surface area contributed by atoms with Gasteiger partial charge in [0.1, 0.15) is 5.82 Å². The Morgan fingerprint density at radius 2 is 2.08 bits per heavy atom. The van der Waals surface area contributed by atoms with Gasteiger partial charge in [-0.15, -0.1) is 0 Å². The number of amides is 1. The van der Waals surface area contributed by atoms with Gasteiger partial charge in [-0.05, 0) is 12.5 Å². The van der Waals surface area contributed by atoms with E-state index in [0.29, 0.717) is 18.8 Å². The van der Waals surface area contributed by atoms with E-state index in [4.69, 9.17) is 0 Å². The molecular formula is C18H19N5O. The van der Waals surface area contributed by atoms with Gasteiger partial charge in [0.05, 0.1) is 12.5 Å². The molecule has 1 atom stereocenters. The summed E-state index contributed by atoms with van der Waals surface area (Å²) in [6.07, 6.45) is 4.08. The molecule has 3 heterocycles. The molecular weight excluding hydrogens is 302 g/mol. The van der Waals surface area contributed by atoms with Gasteiger partial charge in [-0.1, -0.05) is 30.3 Å². The Labute approximate surface area is 140 Å². The van der Waals surface area contributed by atoms with Crippen molar-refractivity contribution in [2.24, 2.45) is 7.05 Å². The first kappa shape index (κ1) is 14.7. The molecule has 1 aliphatic rings. The highest BCUT2D eigenvalue weighted by Gasteiger charge is 2.33. The molecule has 2 aromatic heterocycles. The van der Waals surface area contributed by atoms with Gasteiger partial charge in [0.25, 0.3) is 0 Å². The zero-order valence-corrected chi connectivity index (χ0v) is 13.7. The summed E-state index contributed by atoms with van der Waals surface area (Å²) in [5, 5.41) is 7.54. The number of nitrogens with one attached hydrogen (secondary N) is 1. The molecule has 0 radical (unpaired) electrons. The Morgan fingerprint density at radius 1 is 1.29 bits per heavy atom. The molecule has 3 aromatic rings. The molecule has 0 fully saturated rings. The van der Waals surface area contributed by atoms with E-state index in [-0.39, 0.29) is 11.8 Å². The first-order chi connectivity index (χ1) is 11.6. The SMILES string of the molecule is Cc1c2c(nn1Cc1ccccc1)NC(=O)C[C@@H]2c1nccn1C. The average molecular weight is 321 g/mol. The van der Waals surface area contributed by atoms with Gasteiger partial charge in [-0.2, -0.15) is 5.10 Å². The summed E-state index contributed by atoms with van der Waals surface area (Å²) in [6, 6.07) is 10.2. The van der Waals surface area contributed by atoms with E-state index in [9.17, 15) is 4.79 Å². The van der Waals surface area contributed by atoms with E-state index in [0.717, 1.165) is 17.1 Å². The molecule has 1 aliphatic heterocycles. The van der Waals surface area contributed by atoms with Gasteiger partial charge in [-0.25, -0.2) is 4.98 Å². The number of rotatable bonds is 3. The van der Waals surface area contributed by atoms with Gasteiger partial charge < -0.3 is 9.88 Å². The second-order valence-corrected chi connectivity index (χ2v) is 6.19. The van der Waals surface area contributed by atoms with Crippen LogP contribution in [0.2, 0.25) is 0 Å². The van der Waals surface area contributed by atoms with Crippen LogP contribution in [0.3, 0.4) is 0 Å². The average Bonchev–Trinajstić information content (AvgIpc) is 3.12. The molecule has 1 aromatic carbocycles. The van der Waals surface area contributed by atoms with Crippen LogP contribution in [0.4, 0.5) is 5.82 Å². The second kappa shape index (κ2) is 5.63. The van der Waals surface area contributed by atoms with Crippen LogP contribution in [0, 0.1) is 6.92 Å². The van der Waals surface area contributed by atoms with Crippen LogP contribution in [0.1, 0.15) is 35.0 Å². The summed E-state index contributed by atoms with van der Waals surface area (Å²) in [4.78, 5) is 16.6. The number of aryl methyl sites for hydroxylation is 1. The van der Waals surface area contributed by atoms with Gasteiger partial charge >= 0.3 is 0 Å². The van der Waals surface area contributed by atoms with Crippen LogP contribution < -0.4 is 5.32 Å². The molecule has 0 bridgehead atoms. The summed E-state index contributed by atoms with van der Waals surface area (Å²) in [6.45, 7) is 2.74. The first-order valence-electron chi connectivity index (χ1n) is 8.02. The van der Waals surface area contributed by atoms with Crippen molar-refractivity contribution in [1.82, 2.24) is 19.3 Å². The third-order valence-corrected chi connectivity index (χ3v) is 4.59. The minimum atomic E-state index is -0.0572. The highest BCUT2D eigenvalue weighted by molar-refractivity contribution is 5.94. The van der Waals surface area contributed by atoms with Gasteiger partial charge in [0, 0.05) is 37.1 Å². The maximum Gasteiger partial charge on any atom is 0.226 e. The van der Waals surface area contributed by atoms with E-state index >= 15 is 0 Å². The van der Waals surface area contributed by atoms with Crippen molar-refractivity contribution in [3.05, 3.63) is 65.4 Å². The largest absolute Gasteiger partial charge is 0.337 e. The molecule has 0 aliphatic carbocycles. The number of carbonyl (C=O) groups is 1. The van der Waals surface area contributed by atoms with Crippen molar-refractivity contribution in [3.63, 3.8) is 0 Å². The number of hydrogen-bond acceptors (Lipinski definition) is 3. The third-order valence-electron chi connectivity index (χ3n) is 4.59. The Hall–Kier alpha value is -2.89. The fourth-order valence-corrected chi connectivity index (χ4v) is 3.38. The van der Waals surface area contributed by atoms with Gasteiger partial charge in [-0.3, -0.25) is 9.48 Å². The first-order valence-corrected chi connectivity index (χ1v) is 8.02. The number of imidazole rings is 1. The molecule has 6 nitrogen and oxygen atoms in total. The number of carbonyl (C=O) groups excluding carboxylic acids is 1. The van der Waals surface area contributed by atoms with Crippen LogP contribution in [0.25, 0.3) is 0 Å². The normalized spacial score (nSPS) is 16.8. The fraction of sp³-hybridized carbons (Fsp3) is 0.278. The topological polar surface area (TPSA) is 64.7 Å². The third kappa shape index (κ3) is 2.40. The predicted molar refractivity (Wildman–Crippen MR) is 90.8 cm³/mol. The van der Waals surface area contributed by atoms with Gasteiger partial charge in [0.2, 0.25) is 5.91 Å². The lowest BCUT2D eigenvalue weighted by molar-refractivity contribution is -0.116. The lowest BCUT2D eigenvalue weighted by Crippen LogP contribution is -2.25. The number of nitrogens with zero attached hydrogens (tertiary/aromatic N) is 4. The van der Waals surface area contributed by atoms with Crippen LogP contribution >= 0.6 is 0 Å². The van der Waals surface area contributed by atoms with Crippen LogP contribution in [-0.2, 0) is 18.4 Å². The standard InChI is InChI=1S/C18H19N5O/c1-12-16-14(18-19-8-9-22(18)2)10-15(24)20-17(16)21-23(12)11-13-6-4-3-5-7-13/h3-9,14H,10-11H2,1-2H3,(H,20,21,24)/t14-/m0/s1. The van der Waals surface area contributed by atoms with E-state index in [2.05, 4.69) is 34.5 Å². The smallest absolute Gasteiger partial charge is 0.226 e. The molecule has 24 heavy (non-hydrogen) atoms. The van der Waals surface area contributed by atoms with Crippen molar-refractivity contribution < 1.29 is 4.79 Å². The minimum absolute atomic E-state index is 0.0140. The fourth-order valence-electron chi connectivity index (χ4n) is 3.38. The summed E-state index contributed by atoms with van der Waals surface area (Å²) in [7, 11) is 1.96. The number of benzene rings is 1. The van der Waals surface area contributed by atoms with E-state index in [1.807, 2.05) is 40.7 Å². The Bertz CT molecular complexity index is 894. The summed E-state index contributed by atoms with van der Waals surface area (Å²) >= 11 is 0. The van der Waals surface area contributed by atoms with Crippen molar-refractivity contribution in [2.75, 3.05) is 5.32 Å². The maximum absolute atomic E-state index is 12.1. The van der Waals surface area contributed by atoms with Crippen LogP contribution in [0.15, 0.2) is 42.7 Å². The highest BCUT2D eigenvalue weighted by atomic mass is 16.1. The summed E-state index contributed by atoms with van der Waals surface area (Å²) < 4.78 is 3.93. The number of fused-ring (bicyclic) bond motifs is 1. The second-order valence-electron chi connectivity index (χ2n) is 6.19. The zero-order chi connectivity index (χ0) is 16.7. The van der Waals surface area contributed by atoms with Crippen molar-refractivity contribution in [3.8, 4) is 0 Å². The predicted octanol–water partition coefficient (Wildman–Crippen LogP) is 2.45. The molecule has 0 unspecified atom stereocenters. The summed E-state index contributed by atoms with van der Waals surface area (Å²) in [5.41, 5.74) is 3.32. The van der Waals surface area contributed by atoms with Crippen molar-refractivity contribution in [1.29, 1.82) is 0 Å². The number of aromatic nitrogens is 4. The maximum atomic E-state index is 12.1. The number of anilines is 1. The highest BCUT2D eigenvalue weighted by Crippen LogP contribution is 2.38. The lowest BCUT2D eigenvalue weighted by atomic mass is 9.91. The molecule has 0 saturated carbocycles. The Kier molecular flexibility index (Phi) is 3.45. The Morgan fingerprint density at radius 3 is 2.79 bits per heavy atom. The van der Waals surface area contributed by atoms with E-state index in [1.54, 1.807) is 6.20 Å². The molecule has 0 spiro atoms. The molecule has 122 valence electrons. The van der Waals surface area contributed by atoms with Crippen LogP contribution in [0.5, 0.6) is 0 Å². The van der Waals surface area contributed by atoms with E-state index in [1.165, 1.54) is 5.56 Å². The number of hydrogen-bond donors (Lipinski definition) is 1. The molecule has 4 rings (SSSR count). The lowest BCUT2D eigenvalue weighted by Gasteiger charge is -2.22. The molecule has 1 N–H and O–H groups in total. The molecule has 0 saturated heterocycles. The van der Waals surface area contributed by atoms with E-state index < -0.39 is 0 Å². The van der Waals surface area contributed by atoms with Gasteiger partial charge in [0.15, 0.2) is 5.82 Å². The summed E-state index contributed by atoms with van der Waals surface area (Å²) in [5.74, 6) is 1.49. The quantitative estimate of drug-likeness (QED) is 0.806. The van der Waals surface area contributed by atoms with Crippen molar-refractivity contribution in [2.45, 2.75) is 25.8 Å². The van der Waals surface area contributed by atoms with Crippen LogP contribution in [-0.4, -0.2) is 25.2 Å². The molecule has 6 heteroatoms. The minimum Gasteiger partial charge on any atom is -0.337 e. The Balaban J connectivity index is 1.77. The molecule has 1 amide bonds. The van der Waals surface area contributed by atoms with Crippen molar-refractivity contribution >= 4 is 11.7 Å².